The summed E-state index contributed by atoms with van der Waals surface area (Å²) in [5, 5.41) is 12.7. The number of halogens is 1. The first-order valence-electron chi connectivity index (χ1n) is 8.07. The van der Waals surface area contributed by atoms with Crippen LogP contribution in [0.3, 0.4) is 0 Å². The van der Waals surface area contributed by atoms with Gasteiger partial charge in [-0.05, 0) is 50.1 Å². The molecule has 1 heterocycles. The van der Waals surface area contributed by atoms with E-state index in [-0.39, 0.29) is 5.91 Å². The molecule has 1 atom stereocenters. The molecule has 1 amide bonds. The largest absolute Gasteiger partial charge is 0.481 e. The molecule has 3 aromatic rings. The second kappa shape index (κ2) is 7.85. The van der Waals surface area contributed by atoms with Crippen molar-refractivity contribution in [3.8, 4) is 16.3 Å². The van der Waals surface area contributed by atoms with E-state index in [1.165, 1.54) is 11.3 Å². The molecule has 0 bridgehead atoms. The van der Waals surface area contributed by atoms with Gasteiger partial charge in [0.25, 0.3) is 5.91 Å². The molecule has 0 saturated heterocycles. The molecule has 5 nitrogen and oxygen atoms in total. The molecule has 0 aliphatic rings. The Labute approximate surface area is 161 Å². The van der Waals surface area contributed by atoms with Gasteiger partial charge in [0.15, 0.2) is 6.10 Å². The van der Waals surface area contributed by atoms with Crippen molar-refractivity contribution in [2.45, 2.75) is 26.9 Å². The molecule has 0 radical (unpaired) electrons. The highest BCUT2D eigenvalue weighted by molar-refractivity contribution is 7.18. The Morgan fingerprint density at radius 2 is 1.88 bits per heavy atom. The summed E-state index contributed by atoms with van der Waals surface area (Å²) in [4.78, 5) is 12.4. The molecular formula is C19H18ClN3O2S. The fraction of sp³-hybridized carbons (Fsp3) is 0.211. The summed E-state index contributed by atoms with van der Waals surface area (Å²) < 4.78 is 5.79. The van der Waals surface area contributed by atoms with Crippen LogP contribution in [0.5, 0.6) is 5.75 Å². The molecule has 26 heavy (non-hydrogen) atoms. The molecule has 0 spiro atoms. The van der Waals surface area contributed by atoms with E-state index in [0.717, 1.165) is 16.7 Å². The Morgan fingerprint density at radius 1 is 1.15 bits per heavy atom. The topological polar surface area (TPSA) is 64.1 Å². The summed E-state index contributed by atoms with van der Waals surface area (Å²) in [5.74, 6) is 0.427. The number of amides is 1. The Balaban J connectivity index is 1.66. The predicted octanol–water partition coefficient (Wildman–Crippen LogP) is 4.88. The standard InChI is InChI=1S/C19H18ClN3O2S/c1-11-5-4-6-16(12(11)2)25-13(3)17(24)21-19-23-22-18(26-19)14-7-9-15(20)10-8-14/h4-10,13H,1-3H3,(H,21,23,24)/t13-/m0/s1. The van der Waals surface area contributed by atoms with E-state index < -0.39 is 6.10 Å². The quantitative estimate of drug-likeness (QED) is 0.677. The number of ether oxygens (including phenoxy) is 1. The average Bonchev–Trinajstić information content (AvgIpc) is 3.08. The van der Waals surface area contributed by atoms with Gasteiger partial charge in [-0.1, -0.05) is 47.2 Å². The number of nitrogens with zero attached hydrogens (tertiary/aromatic N) is 2. The first-order chi connectivity index (χ1) is 12.4. The first-order valence-corrected chi connectivity index (χ1v) is 9.26. The monoisotopic (exact) mass is 387 g/mol. The van der Waals surface area contributed by atoms with Crippen LogP contribution in [0, 0.1) is 13.8 Å². The Morgan fingerprint density at radius 3 is 2.62 bits per heavy atom. The van der Waals surface area contributed by atoms with Crippen LogP contribution >= 0.6 is 22.9 Å². The second-order valence-electron chi connectivity index (χ2n) is 5.87. The minimum Gasteiger partial charge on any atom is -0.481 e. The molecule has 2 aromatic carbocycles. The van der Waals surface area contributed by atoms with Gasteiger partial charge in [-0.3, -0.25) is 10.1 Å². The van der Waals surface area contributed by atoms with Crippen LogP contribution in [0.4, 0.5) is 5.13 Å². The number of benzene rings is 2. The summed E-state index contributed by atoms with van der Waals surface area (Å²) in [7, 11) is 0. The predicted molar refractivity (Wildman–Crippen MR) is 105 cm³/mol. The number of aryl methyl sites for hydroxylation is 1. The molecule has 7 heteroatoms. The van der Waals surface area contributed by atoms with Crippen LogP contribution in [0.25, 0.3) is 10.6 Å². The van der Waals surface area contributed by atoms with Crippen LogP contribution in [0.1, 0.15) is 18.1 Å². The highest BCUT2D eigenvalue weighted by Crippen LogP contribution is 2.27. The summed E-state index contributed by atoms with van der Waals surface area (Å²) >= 11 is 7.19. The van der Waals surface area contributed by atoms with Gasteiger partial charge >= 0.3 is 0 Å². The summed E-state index contributed by atoms with van der Waals surface area (Å²) in [6.07, 6.45) is -0.654. The van der Waals surface area contributed by atoms with Crippen LogP contribution in [-0.2, 0) is 4.79 Å². The first kappa shape index (κ1) is 18.4. The third kappa shape index (κ3) is 4.20. The molecule has 0 aliphatic carbocycles. The van der Waals surface area contributed by atoms with Crippen LogP contribution in [0.2, 0.25) is 5.02 Å². The van der Waals surface area contributed by atoms with E-state index in [0.29, 0.717) is 20.9 Å². The maximum atomic E-state index is 12.4. The zero-order chi connectivity index (χ0) is 18.7. The van der Waals surface area contributed by atoms with Crippen molar-refractivity contribution in [1.82, 2.24) is 10.2 Å². The third-order valence-corrected chi connectivity index (χ3v) is 5.11. The molecule has 0 fully saturated rings. The highest BCUT2D eigenvalue weighted by Gasteiger charge is 2.18. The molecule has 0 unspecified atom stereocenters. The fourth-order valence-corrected chi connectivity index (χ4v) is 3.16. The van der Waals surface area contributed by atoms with Crippen molar-refractivity contribution in [3.05, 3.63) is 58.6 Å². The van der Waals surface area contributed by atoms with E-state index in [9.17, 15) is 4.79 Å². The summed E-state index contributed by atoms with van der Waals surface area (Å²) in [6, 6.07) is 13.1. The molecule has 134 valence electrons. The van der Waals surface area contributed by atoms with Crippen molar-refractivity contribution in [2.75, 3.05) is 5.32 Å². The average molecular weight is 388 g/mol. The van der Waals surface area contributed by atoms with E-state index in [2.05, 4.69) is 15.5 Å². The van der Waals surface area contributed by atoms with E-state index in [1.807, 2.05) is 44.2 Å². The lowest BCUT2D eigenvalue weighted by Crippen LogP contribution is -2.30. The number of carbonyl (C=O) groups excluding carboxylic acids is 1. The minimum absolute atomic E-state index is 0.273. The van der Waals surface area contributed by atoms with Gasteiger partial charge in [0.05, 0.1) is 0 Å². The van der Waals surface area contributed by atoms with E-state index >= 15 is 0 Å². The van der Waals surface area contributed by atoms with Crippen molar-refractivity contribution < 1.29 is 9.53 Å². The van der Waals surface area contributed by atoms with Crippen molar-refractivity contribution in [3.63, 3.8) is 0 Å². The Kier molecular flexibility index (Phi) is 5.54. The molecule has 0 saturated carbocycles. The fourth-order valence-electron chi connectivity index (χ4n) is 2.29. The van der Waals surface area contributed by atoms with E-state index in [1.54, 1.807) is 19.1 Å². The zero-order valence-electron chi connectivity index (χ0n) is 14.6. The molecule has 1 N–H and O–H groups in total. The number of anilines is 1. The van der Waals surface area contributed by atoms with Crippen molar-refractivity contribution in [2.24, 2.45) is 0 Å². The molecule has 1 aromatic heterocycles. The lowest BCUT2D eigenvalue weighted by molar-refractivity contribution is -0.122. The van der Waals surface area contributed by atoms with E-state index in [4.69, 9.17) is 16.3 Å². The van der Waals surface area contributed by atoms with Crippen LogP contribution in [-0.4, -0.2) is 22.2 Å². The van der Waals surface area contributed by atoms with Gasteiger partial charge in [-0.15, -0.1) is 10.2 Å². The van der Waals surface area contributed by atoms with Gasteiger partial charge in [-0.2, -0.15) is 0 Å². The van der Waals surface area contributed by atoms with Gasteiger partial charge in [0, 0.05) is 10.6 Å². The molecular weight excluding hydrogens is 370 g/mol. The normalized spacial score (nSPS) is 11.8. The Hall–Kier alpha value is -2.44. The highest BCUT2D eigenvalue weighted by atomic mass is 35.5. The van der Waals surface area contributed by atoms with Gasteiger partial charge in [0.1, 0.15) is 10.8 Å². The smallest absolute Gasteiger partial charge is 0.266 e. The maximum absolute atomic E-state index is 12.4. The Bertz CT molecular complexity index is 925. The van der Waals surface area contributed by atoms with Gasteiger partial charge < -0.3 is 4.74 Å². The van der Waals surface area contributed by atoms with Crippen LogP contribution in [0.15, 0.2) is 42.5 Å². The summed E-state index contributed by atoms with van der Waals surface area (Å²) in [5.41, 5.74) is 3.03. The van der Waals surface area contributed by atoms with Crippen LogP contribution < -0.4 is 10.1 Å². The lowest BCUT2D eigenvalue weighted by Gasteiger charge is -2.16. The zero-order valence-corrected chi connectivity index (χ0v) is 16.2. The number of aromatic nitrogens is 2. The number of hydrogen-bond acceptors (Lipinski definition) is 5. The minimum atomic E-state index is -0.654. The van der Waals surface area contributed by atoms with Gasteiger partial charge in [-0.25, -0.2) is 0 Å². The van der Waals surface area contributed by atoms with Crippen molar-refractivity contribution >= 4 is 34.0 Å². The second-order valence-corrected chi connectivity index (χ2v) is 7.28. The number of carbonyl (C=O) groups is 1. The third-order valence-electron chi connectivity index (χ3n) is 3.97. The number of nitrogens with one attached hydrogen (secondary N) is 1. The maximum Gasteiger partial charge on any atom is 0.266 e. The molecule has 3 rings (SSSR count). The van der Waals surface area contributed by atoms with Gasteiger partial charge in [0.2, 0.25) is 5.13 Å². The molecule has 0 aliphatic heterocycles. The van der Waals surface area contributed by atoms with Crippen molar-refractivity contribution in [1.29, 1.82) is 0 Å². The summed E-state index contributed by atoms with van der Waals surface area (Å²) in [6.45, 7) is 5.68. The number of hydrogen-bond donors (Lipinski definition) is 1. The number of rotatable bonds is 5. The lowest BCUT2D eigenvalue weighted by atomic mass is 10.1. The SMILES string of the molecule is Cc1cccc(O[C@@H](C)C(=O)Nc2nnc(-c3ccc(Cl)cc3)s2)c1C.